The van der Waals surface area contributed by atoms with E-state index in [9.17, 15) is 0 Å². The first-order chi connectivity index (χ1) is 16.3. The zero-order valence-corrected chi connectivity index (χ0v) is 22.4. The van der Waals surface area contributed by atoms with Gasteiger partial charge in [-0.1, -0.05) is 34.9 Å². The number of aryl methyl sites for hydroxylation is 1. The van der Waals surface area contributed by atoms with Crippen molar-refractivity contribution in [2.45, 2.75) is 91.6 Å². The standard InChI is InChI=1S/C30H46O4/c1-24(2)10-7-11-25(3)12-8-13-26(4)14-9-18-30(5)19-17-27-22-28(15-16-29(27)34-30)33-23-32-21-20-31-6/h10,12,14-16,22H,7-9,11,13,17-21,23H2,1-6H3. The third-order valence-corrected chi connectivity index (χ3v) is 6.34. The van der Waals surface area contributed by atoms with Crippen molar-refractivity contribution in [1.29, 1.82) is 0 Å². The van der Waals surface area contributed by atoms with Gasteiger partial charge in [0, 0.05) is 7.11 Å². The van der Waals surface area contributed by atoms with E-state index in [0.29, 0.717) is 13.2 Å². The molecular formula is C30H46O4. The highest BCUT2D eigenvalue weighted by Gasteiger charge is 2.31. The quantitative estimate of drug-likeness (QED) is 0.148. The van der Waals surface area contributed by atoms with E-state index in [4.69, 9.17) is 18.9 Å². The lowest BCUT2D eigenvalue weighted by molar-refractivity contribution is -0.00870. The molecule has 0 aliphatic carbocycles. The smallest absolute Gasteiger partial charge is 0.189 e. The first-order valence-corrected chi connectivity index (χ1v) is 12.8. The second kappa shape index (κ2) is 15.1. The summed E-state index contributed by atoms with van der Waals surface area (Å²) in [6, 6.07) is 6.07. The van der Waals surface area contributed by atoms with E-state index in [2.05, 4.69) is 58.9 Å². The highest BCUT2D eigenvalue weighted by atomic mass is 16.7. The van der Waals surface area contributed by atoms with E-state index in [1.165, 1.54) is 28.7 Å². The van der Waals surface area contributed by atoms with Gasteiger partial charge in [-0.2, -0.15) is 0 Å². The first-order valence-electron chi connectivity index (χ1n) is 12.8. The fourth-order valence-electron chi connectivity index (χ4n) is 4.11. The van der Waals surface area contributed by atoms with Crippen LogP contribution in [0.15, 0.2) is 53.1 Å². The Kier molecular flexibility index (Phi) is 12.5. The molecule has 34 heavy (non-hydrogen) atoms. The fourth-order valence-corrected chi connectivity index (χ4v) is 4.11. The van der Waals surface area contributed by atoms with E-state index in [-0.39, 0.29) is 12.4 Å². The van der Waals surface area contributed by atoms with Crippen molar-refractivity contribution in [1.82, 2.24) is 0 Å². The number of benzene rings is 1. The third kappa shape index (κ3) is 10.9. The van der Waals surface area contributed by atoms with E-state index in [1.807, 2.05) is 12.1 Å². The Hall–Kier alpha value is -2.04. The van der Waals surface area contributed by atoms with Crippen LogP contribution in [0.1, 0.15) is 85.1 Å². The van der Waals surface area contributed by atoms with Gasteiger partial charge in [0.2, 0.25) is 0 Å². The van der Waals surface area contributed by atoms with Gasteiger partial charge in [0.05, 0.1) is 13.2 Å². The van der Waals surface area contributed by atoms with E-state index >= 15 is 0 Å². The minimum Gasteiger partial charge on any atom is -0.487 e. The number of ether oxygens (including phenoxy) is 4. The second-order valence-electron chi connectivity index (χ2n) is 9.98. The molecule has 1 aromatic rings. The van der Waals surface area contributed by atoms with Crippen LogP contribution in [-0.4, -0.2) is 32.7 Å². The molecule has 0 aromatic heterocycles. The minimum absolute atomic E-state index is 0.114. The normalized spacial score (nSPS) is 18.3. The number of methoxy groups -OCH3 is 1. The molecule has 0 saturated carbocycles. The first kappa shape index (κ1) is 28.2. The SMILES string of the molecule is COCCOCOc1ccc2c(c1)CCC(C)(CCC=C(C)CCC=C(C)CCC=C(C)C)O2. The number of hydrogen-bond acceptors (Lipinski definition) is 4. The number of allylic oxidation sites excluding steroid dienone is 6. The largest absolute Gasteiger partial charge is 0.487 e. The molecule has 0 saturated heterocycles. The van der Waals surface area contributed by atoms with Crippen molar-refractivity contribution in [2.75, 3.05) is 27.1 Å². The monoisotopic (exact) mass is 470 g/mol. The summed E-state index contributed by atoms with van der Waals surface area (Å²) >= 11 is 0. The highest BCUT2D eigenvalue weighted by Crippen LogP contribution is 2.37. The molecule has 0 N–H and O–H groups in total. The van der Waals surface area contributed by atoms with Crippen molar-refractivity contribution >= 4 is 0 Å². The van der Waals surface area contributed by atoms with Crippen molar-refractivity contribution < 1.29 is 18.9 Å². The second-order valence-corrected chi connectivity index (χ2v) is 9.98. The van der Waals surface area contributed by atoms with Crippen LogP contribution in [0, 0.1) is 0 Å². The molecule has 0 amide bonds. The predicted octanol–water partition coefficient (Wildman–Crippen LogP) is 7.97. The van der Waals surface area contributed by atoms with Gasteiger partial charge in [-0.3, -0.25) is 0 Å². The highest BCUT2D eigenvalue weighted by molar-refractivity contribution is 5.42. The van der Waals surface area contributed by atoms with Crippen LogP contribution in [0.25, 0.3) is 0 Å². The maximum Gasteiger partial charge on any atom is 0.189 e. The minimum atomic E-state index is -0.114. The molecule has 2 rings (SSSR count). The molecule has 1 aromatic carbocycles. The van der Waals surface area contributed by atoms with Gasteiger partial charge in [0.15, 0.2) is 6.79 Å². The van der Waals surface area contributed by atoms with Gasteiger partial charge in [-0.15, -0.1) is 0 Å². The van der Waals surface area contributed by atoms with Gasteiger partial charge in [0.1, 0.15) is 17.1 Å². The number of rotatable bonds is 15. The Morgan fingerprint density at radius 3 is 2.38 bits per heavy atom. The summed E-state index contributed by atoms with van der Waals surface area (Å²) in [5.74, 6) is 1.80. The van der Waals surface area contributed by atoms with Crippen LogP contribution in [0.4, 0.5) is 0 Å². The number of hydrogen-bond donors (Lipinski definition) is 0. The van der Waals surface area contributed by atoms with Crippen molar-refractivity contribution in [3.8, 4) is 11.5 Å². The van der Waals surface area contributed by atoms with E-state index in [1.54, 1.807) is 7.11 Å². The Morgan fingerprint density at radius 1 is 0.971 bits per heavy atom. The summed E-state index contributed by atoms with van der Waals surface area (Å²) in [6.07, 6.45) is 15.8. The van der Waals surface area contributed by atoms with Gasteiger partial charge >= 0.3 is 0 Å². The molecule has 4 heteroatoms. The maximum absolute atomic E-state index is 6.43. The summed E-state index contributed by atoms with van der Waals surface area (Å²) in [5.41, 5.74) is 5.48. The molecule has 1 unspecified atom stereocenters. The topological polar surface area (TPSA) is 36.9 Å². The van der Waals surface area contributed by atoms with Crippen LogP contribution in [-0.2, 0) is 15.9 Å². The maximum atomic E-state index is 6.43. The summed E-state index contributed by atoms with van der Waals surface area (Å²) < 4.78 is 22.5. The van der Waals surface area contributed by atoms with Gasteiger partial charge in [-0.05, 0) is 110 Å². The Bertz CT molecular complexity index is 832. The lowest BCUT2D eigenvalue weighted by Gasteiger charge is -2.36. The third-order valence-electron chi connectivity index (χ3n) is 6.34. The molecule has 190 valence electrons. The molecule has 1 aliphatic heterocycles. The average Bonchev–Trinajstić information content (AvgIpc) is 2.78. The fraction of sp³-hybridized carbons (Fsp3) is 0.600. The molecule has 4 nitrogen and oxygen atoms in total. The van der Waals surface area contributed by atoms with E-state index < -0.39 is 0 Å². The Balaban J connectivity index is 1.74. The summed E-state index contributed by atoms with van der Waals surface area (Å²) in [5, 5.41) is 0. The zero-order chi connectivity index (χ0) is 24.8. The van der Waals surface area contributed by atoms with Crippen LogP contribution < -0.4 is 9.47 Å². The van der Waals surface area contributed by atoms with Crippen LogP contribution in [0.2, 0.25) is 0 Å². The molecule has 1 aliphatic rings. The number of fused-ring (bicyclic) bond motifs is 1. The Labute approximate surface area is 208 Å². The molecule has 0 spiro atoms. The lowest BCUT2D eigenvalue weighted by atomic mass is 9.88. The van der Waals surface area contributed by atoms with Crippen LogP contribution in [0.5, 0.6) is 11.5 Å². The summed E-state index contributed by atoms with van der Waals surface area (Å²) in [7, 11) is 1.66. The average molecular weight is 471 g/mol. The summed E-state index contributed by atoms with van der Waals surface area (Å²) in [4.78, 5) is 0. The Morgan fingerprint density at radius 2 is 1.68 bits per heavy atom. The molecule has 0 bridgehead atoms. The van der Waals surface area contributed by atoms with Crippen LogP contribution >= 0.6 is 0 Å². The van der Waals surface area contributed by atoms with Crippen molar-refractivity contribution in [2.24, 2.45) is 0 Å². The van der Waals surface area contributed by atoms with Crippen LogP contribution in [0.3, 0.4) is 0 Å². The molecule has 0 fully saturated rings. The summed E-state index contributed by atoms with van der Waals surface area (Å²) in [6.45, 7) is 12.4. The molecule has 0 radical (unpaired) electrons. The van der Waals surface area contributed by atoms with E-state index in [0.717, 1.165) is 56.4 Å². The predicted molar refractivity (Wildman–Crippen MR) is 142 cm³/mol. The van der Waals surface area contributed by atoms with Gasteiger partial charge in [-0.25, -0.2) is 0 Å². The molecule has 1 heterocycles. The van der Waals surface area contributed by atoms with Crippen molar-refractivity contribution in [3.63, 3.8) is 0 Å². The van der Waals surface area contributed by atoms with Gasteiger partial charge in [0.25, 0.3) is 0 Å². The van der Waals surface area contributed by atoms with Gasteiger partial charge < -0.3 is 18.9 Å². The lowest BCUT2D eigenvalue weighted by Crippen LogP contribution is -2.36. The van der Waals surface area contributed by atoms with Crippen molar-refractivity contribution in [3.05, 3.63) is 58.7 Å². The zero-order valence-electron chi connectivity index (χ0n) is 22.4. The molecular weight excluding hydrogens is 424 g/mol. The molecule has 1 atom stereocenters.